The second-order valence-corrected chi connectivity index (χ2v) is 9.51. The molecule has 0 N–H and O–H groups in total. The fourth-order valence-electron chi connectivity index (χ4n) is 5.62. The molecule has 0 aromatic carbocycles. The third-order valence-corrected chi connectivity index (χ3v) is 9.17. The predicted octanol–water partition coefficient (Wildman–Crippen LogP) is 4.11. The second-order valence-electron chi connectivity index (χ2n) is 7.07. The molecule has 2 nitrogen and oxygen atoms in total. The van der Waals surface area contributed by atoms with Crippen molar-refractivity contribution in [3.8, 4) is 0 Å². The van der Waals surface area contributed by atoms with E-state index in [1.807, 2.05) is 5.57 Å². The summed E-state index contributed by atoms with van der Waals surface area (Å²) in [6.07, 6.45) is 5.38. The molecule has 3 aliphatic carbocycles. The van der Waals surface area contributed by atoms with Gasteiger partial charge in [0.1, 0.15) is 0 Å². The van der Waals surface area contributed by atoms with Crippen LogP contribution in [-0.4, -0.2) is 29.3 Å². The molecule has 0 radical (unpaired) electrons. The van der Waals surface area contributed by atoms with Gasteiger partial charge in [0.25, 0.3) is 0 Å². The van der Waals surface area contributed by atoms with Crippen LogP contribution in [-0.2, 0) is 9.53 Å². The first-order valence-corrected chi connectivity index (χ1v) is 10.3. The van der Waals surface area contributed by atoms with Gasteiger partial charge in [0.05, 0.1) is 6.61 Å². The summed E-state index contributed by atoms with van der Waals surface area (Å²) in [6, 6.07) is 0. The molecule has 4 heteroatoms. The monoisotopic (exact) mass is 324 g/mol. The average Bonchev–Trinajstić information content (AvgIpc) is 2.98. The summed E-state index contributed by atoms with van der Waals surface area (Å²) >= 11 is 4.27. The summed E-state index contributed by atoms with van der Waals surface area (Å²) in [5, 5.41) is 0.629. The lowest BCUT2D eigenvalue weighted by atomic mass is 9.71. The molecule has 1 spiro atoms. The number of hydrogen-bond acceptors (Lipinski definition) is 4. The lowest BCUT2D eigenvalue weighted by Gasteiger charge is -2.33. The molecule has 0 bridgehead atoms. The van der Waals surface area contributed by atoms with Gasteiger partial charge in [0.2, 0.25) is 0 Å². The summed E-state index contributed by atoms with van der Waals surface area (Å²) in [5.74, 6) is 4.53. The number of allylic oxidation sites excluding steroid dienone is 1. The van der Waals surface area contributed by atoms with E-state index in [1.54, 1.807) is 11.8 Å². The third-order valence-electron chi connectivity index (χ3n) is 6.35. The maximum absolute atomic E-state index is 11.3. The van der Waals surface area contributed by atoms with Gasteiger partial charge < -0.3 is 4.74 Å². The molecule has 0 unspecified atom stereocenters. The Morgan fingerprint density at radius 3 is 3.05 bits per heavy atom. The highest BCUT2D eigenvalue weighted by Gasteiger charge is 2.64. The Balaban J connectivity index is 1.74. The Morgan fingerprint density at radius 2 is 2.24 bits per heavy atom. The van der Waals surface area contributed by atoms with Crippen molar-refractivity contribution in [3.05, 3.63) is 10.5 Å². The van der Waals surface area contributed by atoms with Crippen LogP contribution in [0.3, 0.4) is 0 Å². The maximum Gasteiger partial charge on any atom is 0.302 e. The summed E-state index contributed by atoms with van der Waals surface area (Å²) < 4.78 is 5.48. The lowest BCUT2D eigenvalue weighted by molar-refractivity contribution is -0.142. The van der Waals surface area contributed by atoms with Crippen LogP contribution in [0.25, 0.3) is 0 Å². The number of ether oxygens (including phenoxy) is 1. The zero-order valence-corrected chi connectivity index (χ0v) is 14.5. The highest BCUT2D eigenvalue weighted by Crippen LogP contribution is 2.71. The molecule has 5 atom stereocenters. The number of carbonyl (C=O) groups excluding carboxylic acids is 1. The largest absolute Gasteiger partial charge is 0.466 e. The van der Waals surface area contributed by atoms with Crippen molar-refractivity contribution in [1.29, 1.82) is 0 Å². The van der Waals surface area contributed by atoms with Gasteiger partial charge in [-0.2, -0.15) is 11.8 Å². The van der Waals surface area contributed by atoms with E-state index in [0.29, 0.717) is 23.2 Å². The number of esters is 1. The summed E-state index contributed by atoms with van der Waals surface area (Å²) in [6.45, 7) is 4.67. The predicted molar refractivity (Wildman–Crippen MR) is 89.4 cm³/mol. The van der Waals surface area contributed by atoms with E-state index in [2.05, 4.69) is 30.4 Å². The molecule has 21 heavy (non-hydrogen) atoms. The molecule has 0 aromatic heterocycles. The topological polar surface area (TPSA) is 26.3 Å². The van der Waals surface area contributed by atoms with Gasteiger partial charge in [-0.25, -0.2) is 0 Å². The van der Waals surface area contributed by atoms with Crippen LogP contribution in [0.2, 0.25) is 0 Å². The highest BCUT2D eigenvalue weighted by atomic mass is 32.2. The number of thioether (sulfide) groups is 2. The van der Waals surface area contributed by atoms with Gasteiger partial charge in [-0.3, -0.25) is 4.79 Å². The van der Waals surface area contributed by atoms with E-state index < -0.39 is 0 Å². The molecule has 0 aromatic rings. The van der Waals surface area contributed by atoms with Crippen molar-refractivity contribution in [2.45, 2.75) is 44.8 Å². The van der Waals surface area contributed by atoms with Crippen molar-refractivity contribution in [1.82, 2.24) is 0 Å². The molecule has 4 aliphatic rings. The minimum absolute atomic E-state index is 0.116. The molecular weight excluding hydrogens is 300 g/mol. The minimum Gasteiger partial charge on any atom is -0.466 e. The van der Waals surface area contributed by atoms with Crippen molar-refractivity contribution in [2.75, 3.05) is 18.1 Å². The first-order valence-electron chi connectivity index (χ1n) is 8.26. The van der Waals surface area contributed by atoms with E-state index in [0.717, 1.165) is 11.8 Å². The zero-order chi connectivity index (χ0) is 14.6. The first-order chi connectivity index (χ1) is 10.1. The molecule has 0 saturated heterocycles. The van der Waals surface area contributed by atoms with Crippen LogP contribution in [0.1, 0.15) is 39.5 Å². The molecule has 4 rings (SSSR count). The quantitative estimate of drug-likeness (QED) is 0.714. The van der Waals surface area contributed by atoms with Gasteiger partial charge in [0.15, 0.2) is 0 Å². The second kappa shape index (κ2) is 5.23. The van der Waals surface area contributed by atoms with Crippen LogP contribution in [0.4, 0.5) is 0 Å². The Hall–Kier alpha value is -0.0900. The van der Waals surface area contributed by atoms with E-state index in [9.17, 15) is 4.79 Å². The Kier molecular flexibility index (Phi) is 3.61. The molecule has 116 valence electrons. The van der Waals surface area contributed by atoms with Crippen LogP contribution >= 0.6 is 23.5 Å². The Labute approximate surface area is 135 Å². The van der Waals surface area contributed by atoms with Gasteiger partial charge in [-0.1, -0.05) is 6.92 Å². The van der Waals surface area contributed by atoms with E-state index in [4.69, 9.17) is 4.74 Å². The lowest BCUT2D eigenvalue weighted by Crippen LogP contribution is -2.29. The fraction of sp³-hybridized carbons (Fsp3) is 0.824. The number of hydrogen-bond donors (Lipinski definition) is 0. The van der Waals surface area contributed by atoms with Crippen LogP contribution in [0.5, 0.6) is 0 Å². The highest BCUT2D eigenvalue weighted by molar-refractivity contribution is 8.06. The Bertz CT molecular complexity index is 501. The SMILES string of the molecule is CC(=O)OC[C@@H]1[C@@H]2SCCSC3=C2[C@@]2(CC3)[C@@H](C)CC[C@@H]12. The normalized spacial score (nSPS) is 44.5. The first kappa shape index (κ1) is 14.5. The van der Waals surface area contributed by atoms with Gasteiger partial charge in [-0.05, 0) is 53.4 Å². The van der Waals surface area contributed by atoms with Crippen molar-refractivity contribution >= 4 is 29.5 Å². The van der Waals surface area contributed by atoms with Crippen molar-refractivity contribution in [3.63, 3.8) is 0 Å². The standard InChI is InChI=1S/C17H24O2S2/c1-10-3-4-13-12(9-19-11(2)18)16-15-14(20-7-8-21-16)5-6-17(10,13)15/h10,12-13,16H,3-9H2,1-2H3/t10-,12-,13-,16-,17-/m0/s1. The Morgan fingerprint density at radius 1 is 1.38 bits per heavy atom. The van der Waals surface area contributed by atoms with Gasteiger partial charge in [0, 0.05) is 29.6 Å². The van der Waals surface area contributed by atoms with Gasteiger partial charge >= 0.3 is 5.97 Å². The fourth-order valence-corrected chi connectivity index (χ4v) is 8.67. The van der Waals surface area contributed by atoms with Crippen LogP contribution in [0, 0.1) is 23.2 Å². The average molecular weight is 325 g/mol. The van der Waals surface area contributed by atoms with Crippen molar-refractivity contribution in [2.24, 2.45) is 23.2 Å². The van der Waals surface area contributed by atoms with Gasteiger partial charge in [-0.15, -0.1) is 11.8 Å². The number of carbonyl (C=O) groups is 1. The zero-order valence-electron chi connectivity index (χ0n) is 12.9. The van der Waals surface area contributed by atoms with Crippen LogP contribution in [0.15, 0.2) is 10.5 Å². The molecule has 0 amide bonds. The summed E-state index contributed by atoms with van der Waals surface area (Å²) in [7, 11) is 0. The molecular formula is C17H24O2S2. The third kappa shape index (κ3) is 1.97. The minimum atomic E-state index is -0.116. The van der Waals surface area contributed by atoms with E-state index in [-0.39, 0.29) is 5.97 Å². The smallest absolute Gasteiger partial charge is 0.302 e. The summed E-state index contributed by atoms with van der Waals surface area (Å²) in [5.41, 5.74) is 2.27. The summed E-state index contributed by atoms with van der Waals surface area (Å²) in [4.78, 5) is 13.0. The van der Waals surface area contributed by atoms with E-state index >= 15 is 0 Å². The van der Waals surface area contributed by atoms with Crippen LogP contribution < -0.4 is 0 Å². The van der Waals surface area contributed by atoms with Crippen molar-refractivity contribution < 1.29 is 9.53 Å². The molecule has 2 saturated carbocycles. The molecule has 1 heterocycles. The number of rotatable bonds is 2. The molecule has 2 fully saturated rings. The van der Waals surface area contributed by atoms with E-state index in [1.165, 1.54) is 37.2 Å². The molecule has 1 aliphatic heterocycles. The maximum atomic E-state index is 11.3.